The van der Waals surface area contributed by atoms with Crippen molar-refractivity contribution in [3.63, 3.8) is 0 Å². The minimum absolute atomic E-state index is 0.118. The summed E-state index contributed by atoms with van der Waals surface area (Å²) in [5.74, 6) is 0.894. The first-order valence-corrected chi connectivity index (χ1v) is 13.5. The second kappa shape index (κ2) is 10.5. The van der Waals surface area contributed by atoms with E-state index in [1.54, 1.807) is 29.2 Å². The molecule has 2 N–H and O–H groups in total. The van der Waals surface area contributed by atoms with Crippen LogP contribution >= 0.6 is 0 Å². The van der Waals surface area contributed by atoms with Gasteiger partial charge in [0.05, 0.1) is 11.4 Å². The molecule has 1 aliphatic heterocycles. The number of rotatable bonds is 6. The predicted octanol–water partition coefficient (Wildman–Crippen LogP) is 5.94. The summed E-state index contributed by atoms with van der Waals surface area (Å²) in [6.45, 7) is 2.92. The van der Waals surface area contributed by atoms with E-state index in [1.165, 1.54) is 12.4 Å². The quantitative estimate of drug-likeness (QED) is 0.241. The number of nitrogens with zero attached hydrogens (tertiary/aromatic N) is 5. The maximum Gasteiger partial charge on any atom is 0.264 e. The molecule has 0 spiro atoms. The van der Waals surface area contributed by atoms with Gasteiger partial charge in [0.25, 0.3) is 5.91 Å². The van der Waals surface area contributed by atoms with Crippen LogP contribution in [-0.2, 0) is 4.79 Å². The Labute approximate surface area is 231 Å². The number of likely N-dealkylation sites (tertiary alicyclic amines) is 1. The Hall–Kier alpha value is -4.71. The van der Waals surface area contributed by atoms with Crippen molar-refractivity contribution in [1.29, 1.82) is 5.26 Å². The standard InChI is InChI=1S/C31H29FN6O2/c1-19-27(25-12-11-24(15-26(25)32)40-23-7-3-2-4-8-23)28-29(34)35-18-36-30(28)38(19)22-6-5-13-37(17-22)31(39)21(16-33)14-20-9-10-20/h2-4,7-8,11-12,14-15,18,20,22H,5-6,9-10,13,17H2,1H3,(H2,34,35,36)/t22-/m1/s1. The van der Waals surface area contributed by atoms with Crippen molar-refractivity contribution >= 4 is 22.8 Å². The van der Waals surface area contributed by atoms with Gasteiger partial charge < -0.3 is 19.9 Å². The zero-order valence-corrected chi connectivity index (χ0v) is 22.2. The fraction of sp³-hybridized carbons (Fsp3) is 0.290. The number of aromatic nitrogens is 3. The number of carbonyl (C=O) groups excluding carboxylic acids is 1. The summed E-state index contributed by atoms with van der Waals surface area (Å²) in [7, 11) is 0. The number of amides is 1. The monoisotopic (exact) mass is 536 g/mol. The Morgan fingerprint density at radius 1 is 1.15 bits per heavy atom. The summed E-state index contributed by atoms with van der Waals surface area (Å²) in [4.78, 5) is 23.7. The van der Waals surface area contributed by atoms with Gasteiger partial charge in [-0.2, -0.15) is 5.26 Å². The molecule has 9 heteroatoms. The maximum atomic E-state index is 15.7. The van der Waals surface area contributed by atoms with Crippen LogP contribution in [0.25, 0.3) is 22.2 Å². The number of allylic oxidation sites excluding steroid dienone is 1. The van der Waals surface area contributed by atoms with Gasteiger partial charge in [0.2, 0.25) is 0 Å². The molecule has 1 saturated carbocycles. The second-order valence-electron chi connectivity index (χ2n) is 10.4. The summed E-state index contributed by atoms with van der Waals surface area (Å²) in [5.41, 5.74) is 8.93. The number of halogens is 1. The Bertz CT molecular complexity index is 1670. The number of carbonyl (C=O) groups is 1. The average Bonchev–Trinajstić information content (AvgIpc) is 3.74. The largest absolute Gasteiger partial charge is 0.457 e. The zero-order chi connectivity index (χ0) is 27.8. The highest BCUT2D eigenvalue weighted by molar-refractivity contribution is 6.02. The van der Waals surface area contributed by atoms with Crippen LogP contribution in [0.15, 0.2) is 66.5 Å². The van der Waals surface area contributed by atoms with E-state index in [1.807, 2.05) is 35.8 Å². The Morgan fingerprint density at radius 3 is 2.67 bits per heavy atom. The lowest BCUT2D eigenvalue weighted by Crippen LogP contribution is -2.41. The number of para-hydroxylation sites is 1. The SMILES string of the molecule is Cc1c(-c2ccc(Oc3ccccc3)cc2F)c2c(N)ncnc2n1[C@@H]1CCCN(C(=O)C(C#N)=CC2CC2)C1. The van der Waals surface area contributed by atoms with Crippen molar-refractivity contribution in [2.45, 2.75) is 38.6 Å². The number of hydrogen-bond acceptors (Lipinski definition) is 6. The molecule has 1 saturated heterocycles. The molecule has 6 rings (SSSR count). The van der Waals surface area contributed by atoms with Crippen molar-refractivity contribution < 1.29 is 13.9 Å². The molecule has 1 amide bonds. The Morgan fingerprint density at radius 2 is 1.95 bits per heavy atom. The lowest BCUT2D eigenvalue weighted by atomic mass is 10.0. The van der Waals surface area contributed by atoms with Crippen LogP contribution in [0.4, 0.5) is 10.2 Å². The molecule has 40 heavy (non-hydrogen) atoms. The molecule has 0 bridgehead atoms. The van der Waals surface area contributed by atoms with Crippen molar-refractivity contribution in [1.82, 2.24) is 19.4 Å². The van der Waals surface area contributed by atoms with Crippen molar-refractivity contribution in [3.8, 4) is 28.7 Å². The molecule has 2 fully saturated rings. The number of fused-ring (bicyclic) bond motifs is 1. The lowest BCUT2D eigenvalue weighted by molar-refractivity contribution is -0.128. The van der Waals surface area contributed by atoms with E-state index >= 15 is 4.39 Å². The van der Waals surface area contributed by atoms with E-state index in [4.69, 9.17) is 10.5 Å². The van der Waals surface area contributed by atoms with E-state index in [2.05, 4.69) is 16.0 Å². The molecule has 2 aromatic carbocycles. The summed E-state index contributed by atoms with van der Waals surface area (Å²) < 4.78 is 23.5. The first-order chi connectivity index (χ1) is 19.4. The highest BCUT2D eigenvalue weighted by Crippen LogP contribution is 2.41. The smallest absolute Gasteiger partial charge is 0.264 e. The van der Waals surface area contributed by atoms with Crippen LogP contribution in [-0.4, -0.2) is 38.4 Å². The predicted molar refractivity (Wildman–Crippen MR) is 150 cm³/mol. The third kappa shape index (κ3) is 4.77. The third-order valence-corrected chi connectivity index (χ3v) is 7.67. The Balaban J connectivity index is 1.37. The Kier molecular flexibility index (Phi) is 6.68. The van der Waals surface area contributed by atoms with Crippen LogP contribution in [0.2, 0.25) is 0 Å². The van der Waals surface area contributed by atoms with Crippen LogP contribution in [0, 0.1) is 30.0 Å². The summed E-state index contributed by atoms with van der Waals surface area (Å²) in [5, 5.41) is 10.2. The molecule has 0 radical (unpaired) electrons. The van der Waals surface area contributed by atoms with Crippen molar-refractivity contribution in [2.24, 2.45) is 5.92 Å². The van der Waals surface area contributed by atoms with Crippen molar-refractivity contribution in [3.05, 3.63) is 78.0 Å². The minimum Gasteiger partial charge on any atom is -0.457 e. The van der Waals surface area contributed by atoms with Gasteiger partial charge in [0.1, 0.15) is 46.8 Å². The average molecular weight is 537 g/mol. The van der Waals surface area contributed by atoms with Crippen LogP contribution in [0.5, 0.6) is 11.5 Å². The number of benzene rings is 2. The number of nitrogens with two attached hydrogens (primary N) is 1. The molecular weight excluding hydrogens is 507 g/mol. The molecule has 2 aromatic heterocycles. The van der Waals surface area contributed by atoms with Gasteiger partial charge in [0, 0.05) is 36.0 Å². The van der Waals surface area contributed by atoms with Gasteiger partial charge in [-0.15, -0.1) is 0 Å². The first kappa shape index (κ1) is 25.6. The second-order valence-corrected chi connectivity index (χ2v) is 10.4. The van der Waals surface area contributed by atoms with Gasteiger partial charge in [-0.3, -0.25) is 4.79 Å². The van der Waals surface area contributed by atoms with E-state index in [9.17, 15) is 10.1 Å². The molecule has 8 nitrogen and oxygen atoms in total. The zero-order valence-electron chi connectivity index (χ0n) is 22.2. The highest BCUT2D eigenvalue weighted by Gasteiger charge is 2.32. The molecule has 2 aliphatic rings. The summed E-state index contributed by atoms with van der Waals surface area (Å²) in [6.07, 6.45) is 6.83. The molecule has 3 heterocycles. The van der Waals surface area contributed by atoms with Gasteiger partial charge in [-0.1, -0.05) is 24.3 Å². The first-order valence-electron chi connectivity index (χ1n) is 13.5. The number of anilines is 1. The number of ether oxygens (including phenoxy) is 1. The van der Waals surface area contributed by atoms with Gasteiger partial charge in [-0.05, 0) is 62.8 Å². The van der Waals surface area contributed by atoms with E-state index in [0.717, 1.165) is 31.4 Å². The molecule has 1 aliphatic carbocycles. The fourth-order valence-corrected chi connectivity index (χ4v) is 5.61. The van der Waals surface area contributed by atoms with Crippen LogP contribution in [0.3, 0.4) is 0 Å². The molecule has 0 unspecified atom stereocenters. The lowest BCUT2D eigenvalue weighted by Gasteiger charge is -2.34. The number of piperidine rings is 1. The van der Waals surface area contributed by atoms with Gasteiger partial charge >= 0.3 is 0 Å². The summed E-state index contributed by atoms with van der Waals surface area (Å²) >= 11 is 0. The normalized spacial score (nSPS) is 17.6. The van der Waals surface area contributed by atoms with E-state index in [-0.39, 0.29) is 23.3 Å². The van der Waals surface area contributed by atoms with Gasteiger partial charge in [0.15, 0.2) is 0 Å². The number of nitriles is 1. The molecule has 4 aromatic rings. The molecule has 202 valence electrons. The van der Waals surface area contributed by atoms with E-state index in [0.29, 0.717) is 52.7 Å². The third-order valence-electron chi connectivity index (χ3n) is 7.67. The maximum absolute atomic E-state index is 15.7. The fourth-order valence-electron chi connectivity index (χ4n) is 5.61. The van der Waals surface area contributed by atoms with Crippen LogP contribution in [0.1, 0.15) is 37.4 Å². The van der Waals surface area contributed by atoms with Crippen LogP contribution < -0.4 is 10.5 Å². The molecule has 1 atom stereocenters. The van der Waals surface area contributed by atoms with E-state index < -0.39 is 5.82 Å². The number of nitrogen functional groups attached to an aromatic ring is 1. The molecular formula is C31H29FN6O2. The topological polar surface area (TPSA) is 110 Å². The summed E-state index contributed by atoms with van der Waals surface area (Å²) in [6, 6.07) is 16.0. The van der Waals surface area contributed by atoms with Crippen molar-refractivity contribution in [2.75, 3.05) is 18.8 Å². The highest BCUT2D eigenvalue weighted by atomic mass is 19.1. The van der Waals surface area contributed by atoms with Gasteiger partial charge in [-0.25, -0.2) is 14.4 Å². The minimum atomic E-state index is -0.455. The number of hydrogen-bond donors (Lipinski definition) is 1.